The van der Waals surface area contributed by atoms with Crippen molar-refractivity contribution in [3.63, 3.8) is 0 Å². The molecule has 1 amide bonds. The number of anilines is 1. The maximum atomic E-state index is 14.4. The topological polar surface area (TPSA) is 115 Å². The van der Waals surface area contributed by atoms with E-state index in [1.807, 2.05) is 0 Å². The Balaban J connectivity index is 1.78. The molecule has 12 heteroatoms. The molecule has 0 radical (unpaired) electrons. The van der Waals surface area contributed by atoms with Crippen molar-refractivity contribution in [3.8, 4) is 6.07 Å². The molecule has 0 saturated heterocycles. The largest absolute Gasteiger partial charge is 0.350 e. The molecular formula is C21H17F4N6O2+. The lowest BCUT2D eigenvalue weighted by Crippen LogP contribution is -2.44. The van der Waals surface area contributed by atoms with Crippen LogP contribution in [0.15, 0.2) is 48.8 Å². The second-order valence-corrected chi connectivity index (χ2v) is 6.78. The van der Waals surface area contributed by atoms with Gasteiger partial charge in [-0.1, -0.05) is 6.07 Å². The Bertz CT molecular complexity index is 1200. The number of aromatic nitrogens is 3. The minimum atomic E-state index is -3.51. The summed E-state index contributed by atoms with van der Waals surface area (Å²) in [7, 11) is 0. The van der Waals surface area contributed by atoms with Crippen molar-refractivity contribution in [3.05, 3.63) is 83.1 Å². The van der Waals surface area contributed by atoms with E-state index in [2.05, 4.69) is 20.6 Å². The van der Waals surface area contributed by atoms with Gasteiger partial charge in [-0.2, -0.15) is 18.4 Å². The second-order valence-electron chi connectivity index (χ2n) is 6.78. The van der Waals surface area contributed by atoms with Crippen LogP contribution in [0.3, 0.4) is 0 Å². The van der Waals surface area contributed by atoms with Crippen LogP contribution in [-0.2, 0) is 23.7 Å². The predicted octanol–water partition coefficient (Wildman–Crippen LogP) is 2.21. The standard InChI is InChI=1S/C21H16F4N6O2/c22-14-4-3-7-27-16(14)11-29-19(32)9-17-13(10-26)8-15(23)20(31(17)33)30-12-21(24,25)18-5-1-2-6-28-18/h1-8,33H,9,11-12H2,(H,29,32)/p+1. The highest BCUT2D eigenvalue weighted by atomic mass is 19.3. The Kier molecular flexibility index (Phi) is 7.02. The minimum absolute atomic E-state index is 0.0403. The molecule has 0 aliphatic carbocycles. The van der Waals surface area contributed by atoms with E-state index >= 15 is 0 Å². The molecule has 3 N–H and O–H groups in total. The lowest BCUT2D eigenvalue weighted by atomic mass is 10.1. The summed E-state index contributed by atoms with van der Waals surface area (Å²) < 4.78 is 56.9. The Morgan fingerprint density at radius 1 is 1.15 bits per heavy atom. The molecule has 0 spiro atoms. The van der Waals surface area contributed by atoms with E-state index < -0.39 is 53.5 Å². The van der Waals surface area contributed by atoms with Crippen LogP contribution >= 0.6 is 0 Å². The maximum absolute atomic E-state index is 14.4. The molecular weight excluding hydrogens is 444 g/mol. The van der Waals surface area contributed by atoms with Crippen molar-refractivity contribution >= 4 is 11.7 Å². The van der Waals surface area contributed by atoms with Crippen LogP contribution in [0.5, 0.6) is 0 Å². The van der Waals surface area contributed by atoms with Gasteiger partial charge >= 0.3 is 11.7 Å². The molecule has 3 heterocycles. The quantitative estimate of drug-likeness (QED) is 0.269. The van der Waals surface area contributed by atoms with E-state index in [0.29, 0.717) is 6.07 Å². The average Bonchev–Trinajstić information content (AvgIpc) is 2.80. The van der Waals surface area contributed by atoms with E-state index in [-0.39, 0.29) is 22.7 Å². The smallest absolute Gasteiger partial charge is 0.350 e. The van der Waals surface area contributed by atoms with Crippen molar-refractivity contribution in [2.45, 2.75) is 18.9 Å². The Hall–Kier alpha value is -4.27. The molecule has 0 saturated carbocycles. The zero-order valence-corrected chi connectivity index (χ0v) is 16.9. The molecule has 0 aromatic carbocycles. The molecule has 3 rings (SSSR count). The first-order chi connectivity index (χ1) is 15.7. The van der Waals surface area contributed by atoms with Crippen LogP contribution < -0.4 is 15.4 Å². The van der Waals surface area contributed by atoms with Gasteiger partial charge < -0.3 is 10.5 Å². The van der Waals surface area contributed by atoms with Gasteiger partial charge in [0.25, 0.3) is 0 Å². The fourth-order valence-corrected chi connectivity index (χ4v) is 2.86. The van der Waals surface area contributed by atoms with Gasteiger partial charge in [-0.3, -0.25) is 20.1 Å². The first-order valence-electron chi connectivity index (χ1n) is 9.49. The highest BCUT2D eigenvalue weighted by molar-refractivity contribution is 5.78. The van der Waals surface area contributed by atoms with Gasteiger partial charge in [-0.15, -0.1) is 0 Å². The Morgan fingerprint density at radius 2 is 1.91 bits per heavy atom. The number of amides is 1. The lowest BCUT2D eigenvalue weighted by molar-refractivity contribution is -0.899. The third-order valence-electron chi connectivity index (χ3n) is 4.53. The fraction of sp³-hybridized carbons (Fsp3) is 0.190. The van der Waals surface area contributed by atoms with E-state index in [1.165, 1.54) is 30.6 Å². The second kappa shape index (κ2) is 9.90. The van der Waals surface area contributed by atoms with Gasteiger partial charge in [-0.25, -0.2) is 4.39 Å². The number of hydrogen-bond donors (Lipinski definition) is 3. The summed E-state index contributed by atoms with van der Waals surface area (Å²) in [5, 5.41) is 24.1. The molecule has 33 heavy (non-hydrogen) atoms. The molecule has 0 aliphatic heterocycles. The van der Waals surface area contributed by atoms with Crippen LogP contribution in [0.4, 0.5) is 23.4 Å². The average molecular weight is 461 g/mol. The number of halogens is 4. The van der Waals surface area contributed by atoms with E-state index in [9.17, 15) is 32.8 Å². The maximum Gasteiger partial charge on any atom is 0.350 e. The molecule has 3 aromatic rings. The highest BCUT2D eigenvalue weighted by Gasteiger charge is 2.37. The van der Waals surface area contributed by atoms with Crippen molar-refractivity contribution < 1.29 is 32.3 Å². The summed E-state index contributed by atoms with van der Waals surface area (Å²) in [6.45, 7) is -1.40. The van der Waals surface area contributed by atoms with Gasteiger partial charge in [0.2, 0.25) is 11.7 Å². The van der Waals surface area contributed by atoms with Crippen molar-refractivity contribution in [1.29, 1.82) is 5.26 Å². The Labute approximate surface area is 185 Å². The third kappa shape index (κ3) is 5.51. The molecule has 3 aromatic heterocycles. The molecule has 0 aliphatic rings. The summed E-state index contributed by atoms with van der Waals surface area (Å²) in [4.78, 5) is 19.6. The lowest BCUT2D eigenvalue weighted by Gasteiger charge is -2.15. The minimum Gasteiger partial charge on any atom is -0.350 e. The first kappa shape index (κ1) is 23.4. The van der Waals surface area contributed by atoms with Gasteiger partial charge in [-0.05, 0) is 29.0 Å². The molecule has 0 atom stereocenters. The number of nitrogens with one attached hydrogen (secondary N) is 2. The SMILES string of the molecule is N#Cc1cc(F)c(NCC(F)(F)c2ccccn2)[n+](O)c1CC(=O)NCc1ncccc1F. The number of alkyl halides is 2. The van der Waals surface area contributed by atoms with Crippen LogP contribution in [0.25, 0.3) is 0 Å². The highest BCUT2D eigenvalue weighted by Crippen LogP contribution is 2.26. The van der Waals surface area contributed by atoms with Gasteiger partial charge in [0.1, 0.15) is 23.1 Å². The number of carbonyl (C=O) groups is 1. The molecule has 8 nitrogen and oxygen atoms in total. The normalized spacial score (nSPS) is 11.0. The summed E-state index contributed by atoms with van der Waals surface area (Å²) >= 11 is 0. The van der Waals surface area contributed by atoms with Crippen molar-refractivity contribution in [1.82, 2.24) is 15.3 Å². The summed E-state index contributed by atoms with van der Waals surface area (Å²) in [6.07, 6.45) is 1.88. The zero-order chi connectivity index (χ0) is 24.0. The van der Waals surface area contributed by atoms with E-state index in [4.69, 9.17) is 0 Å². The van der Waals surface area contributed by atoms with Crippen molar-refractivity contribution in [2.75, 3.05) is 11.9 Å². The van der Waals surface area contributed by atoms with Crippen LogP contribution in [-0.4, -0.2) is 27.6 Å². The summed E-state index contributed by atoms with van der Waals surface area (Å²) in [5.41, 5.74) is -1.36. The molecule has 0 fully saturated rings. The molecule has 0 unspecified atom stereocenters. The van der Waals surface area contributed by atoms with Crippen molar-refractivity contribution in [2.24, 2.45) is 0 Å². The van der Waals surface area contributed by atoms with Crippen LogP contribution in [0.1, 0.15) is 22.6 Å². The van der Waals surface area contributed by atoms with Crippen LogP contribution in [0.2, 0.25) is 0 Å². The van der Waals surface area contributed by atoms with E-state index in [1.54, 1.807) is 6.07 Å². The fourth-order valence-electron chi connectivity index (χ4n) is 2.86. The summed E-state index contributed by atoms with van der Waals surface area (Å²) in [5.74, 6) is -6.88. The van der Waals surface area contributed by atoms with Gasteiger partial charge in [0.05, 0.1) is 18.7 Å². The van der Waals surface area contributed by atoms with Crippen LogP contribution in [0, 0.1) is 23.0 Å². The third-order valence-corrected chi connectivity index (χ3v) is 4.53. The molecule has 170 valence electrons. The first-order valence-corrected chi connectivity index (χ1v) is 9.49. The predicted molar refractivity (Wildman–Crippen MR) is 105 cm³/mol. The zero-order valence-electron chi connectivity index (χ0n) is 16.9. The monoisotopic (exact) mass is 461 g/mol. The Morgan fingerprint density at radius 3 is 2.58 bits per heavy atom. The number of carbonyl (C=O) groups excluding carboxylic acids is 1. The molecule has 0 bridgehead atoms. The number of pyridine rings is 3. The number of nitrogens with zero attached hydrogens (tertiary/aromatic N) is 4. The number of hydrogen-bond acceptors (Lipinski definition) is 6. The number of rotatable bonds is 8. The number of nitriles is 1. The summed E-state index contributed by atoms with van der Waals surface area (Å²) in [6, 6.07) is 8.76. The van der Waals surface area contributed by atoms with Gasteiger partial charge in [0, 0.05) is 18.5 Å². The van der Waals surface area contributed by atoms with E-state index in [0.717, 1.165) is 12.1 Å². The van der Waals surface area contributed by atoms with Gasteiger partial charge in [0.15, 0.2) is 12.2 Å².